The largest absolute Gasteiger partial charge is 0.324 e. The second kappa shape index (κ2) is 4.00. The first-order valence-electron chi connectivity index (χ1n) is 6.20. The van der Waals surface area contributed by atoms with E-state index in [1.165, 1.54) is 69.2 Å². The Hall–Kier alpha value is -0.0400. The maximum atomic E-state index is 2.39. The molecule has 1 nitrogen and oxygen atoms in total. The summed E-state index contributed by atoms with van der Waals surface area (Å²) in [6.07, 6.45) is 9.05. The molecule has 0 spiro atoms. The topological polar surface area (TPSA) is 0 Å². The van der Waals surface area contributed by atoms with Crippen LogP contribution in [0.3, 0.4) is 0 Å². The van der Waals surface area contributed by atoms with Gasteiger partial charge in [0.2, 0.25) is 0 Å². The molecule has 0 aromatic rings. The molecule has 1 aliphatic carbocycles. The van der Waals surface area contributed by atoms with Crippen LogP contribution in [0.1, 0.15) is 45.4 Å². The fourth-order valence-corrected chi connectivity index (χ4v) is 3.37. The van der Waals surface area contributed by atoms with Crippen molar-refractivity contribution in [3.05, 3.63) is 0 Å². The molecule has 13 heavy (non-hydrogen) atoms. The van der Waals surface area contributed by atoms with Gasteiger partial charge < -0.3 is 4.48 Å². The van der Waals surface area contributed by atoms with Crippen LogP contribution in [0.2, 0.25) is 0 Å². The van der Waals surface area contributed by atoms with Gasteiger partial charge >= 0.3 is 0 Å². The van der Waals surface area contributed by atoms with Crippen molar-refractivity contribution in [2.24, 2.45) is 5.92 Å². The van der Waals surface area contributed by atoms with Gasteiger partial charge in [-0.2, -0.15) is 0 Å². The molecule has 1 heterocycles. The summed E-state index contributed by atoms with van der Waals surface area (Å²) < 4.78 is 1.46. The summed E-state index contributed by atoms with van der Waals surface area (Å²) in [4.78, 5) is 0. The molecular weight excluding hydrogens is 158 g/mol. The quantitative estimate of drug-likeness (QED) is 0.589. The molecule has 0 aromatic heterocycles. The predicted octanol–water partition coefficient (Wildman–Crippen LogP) is 2.81. The first-order valence-corrected chi connectivity index (χ1v) is 6.20. The molecule has 0 N–H and O–H groups in total. The second-order valence-electron chi connectivity index (χ2n) is 5.15. The minimum atomic E-state index is 1.08. The number of rotatable bonds is 3. The second-order valence-corrected chi connectivity index (χ2v) is 5.15. The SMILES string of the molecule is CC[N+]1(CC2CCCC2)CCCC1. The minimum absolute atomic E-state index is 1.08. The summed E-state index contributed by atoms with van der Waals surface area (Å²) in [5.41, 5.74) is 0. The van der Waals surface area contributed by atoms with Crippen LogP contribution in [0.25, 0.3) is 0 Å². The highest BCUT2D eigenvalue weighted by atomic mass is 15.4. The van der Waals surface area contributed by atoms with Gasteiger partial charge in [0.15, 0.2) is 0 Å². The van der Waals surface area contributed by atoms with Gasteiger partial charge in [-0.15, -0.1) is 0 Å². The van der Waals surface area contributed by atoms with Gasteiger partial charge in [-0.1, -0.05) is 12.8 Å². The Morgan fingerprint density at radius 3 is 2.15 bits per heavy atom. The highest BCUT2D eigenvalue weighted by Gasteiger charge is 2.33. The Morgan fingerprint density at radius 2 is 1.62 bits per heavy atom. The van der Waals surface area contributed by atoms with E-state index in [2.05, 4.69) is 6.92 Å². The van der Waals surface area contributed by atoms with Crippen LogP contribution in [-0.2, 0) is 0 Å². The van der Waals surface area contributed by atoms with Gasteiger partial charge in [-0.05, 0) is 19.8 Å². The molecule has 76 valence electrons. The third-order valence-corrected chi connectivity index (χ3v) is 4.31. The normalized spacial score (nSPS) is 28.4. The van der Waals surface area contributed by atoms with E-state index in [0.29, 0.717) is 0 Å². The lowest BCUT2D eigenvalue weighted by molar-refractivity contribution is -0.918. The van der Waals surface area contributed by atoms with Gasteiger partial charge in [0.05, 0.1) is 26.2 Å². The monoisotopic (exact) mass is 182 g/mol. The fraction of sp³-hybridized carbons (Fsp3) is 1.00. The lowest BCUT2D eigenvalue weighted by atomic mass is 10.1. The summed E-state index contributed by atoms with van der Waals surface area (Å²) in [6.45, 7) is 8.24. The molecule has 2 aliphatic rings. The molecule has 0 amide bonds. The number of quaternary nitrogens is 1. The lowest BCUT2D eigenvalue weighted by Gasteiger charge is -2.35. The Morgan fingerprint density at radius 1 is 1.00 bits per heavy atom. The standard InChI is InChI=1S/C12H24N/c1-2-13(9-5-6-10-13)11-12-7-3-4-8-12/h12H,2-11H2,1H3/q+1. The summed E-state index contributed by atoms with van der Waals surface area (Å²) in [5, 5.41) is 0. The number of hydrogen-bond acceptors (Lipinski definition) is 0. The Kier molecular flexibility index (Phi) is 2.92. The molecule has 0 bridgehead atoms. The van der Waals surface area contributed by atoms with Crippen LogP contribution in [0.4, 0.5) is 0 Å². The average Bonchev–Trinajstić information content (AvgIpc) is 2.77. The van der Waals surface area contributed by atoms with Gasteiger partial charge in [0.1, 0.15) is 0 Å². The van der Waals surface area contributed by atoms with Gasteiger partial charge in [-0.25, -0.2) is 0 Å². The molecule has 0 unspecified atom stereocenters. The summed E-state index contributed by atoms with van der Waals surface area (Å²) in [7, 11) is 0. The summed E-state index contributed by atoms with van der Waals surface area (Å²) in [5.74, 6) is 1.08. The van der Waals surface area contributed by atoms with Crippen molar-refractivity contribution >= 4 is 0 Å². The molecule has 0 atom stereocenters. The highest BCUT2D eigenvalue weighted by Crippen LogP contribution is 2.30. The molecular formula is C12H24N+. The van der Waals surface area contributed by atoms with Crippen molar-refractivity contribution in [3.63, 3.8) is 0 Å². The summed E-state index contributed by atoms with van der Waals surface area (Å²) >= 11 is 0. The zero-order valence-electron chi connectivity index (χ0n) is 9.10. The highest BCUT2D eigenvalue weighted by molar-refractivity contribution is 4.68. The van der Waals surface area contributed by atoms with Crippen LogP contribution in [0, 0.1) is 5.92 Å². The van der Waals surface area contributed by atoms with E-state index >= 15 is 0 Å². The summed E-state index contributed by atoms with van der Waals surface area (Å²) in [6, 6.07) is 0. The first-order chi connectivity index (χ1) is 6.35. The molecule has 2 fully saturated rings. The van der Waals surface area contributed by atoms with Crippen LogP contribution in [-0.4, -0.2) is 30.7 Å². The van der Waals surface area contributed by atoms with Crippen molar-refractivity contribution in [1.82, 2.24) is 0 Å². The molecule has 2 rings (SSSR count). The van der Waals surface area contributed by atoms with Gasteiger partial charge in [0, 0.05) is 18.8 Å². The maximum Gasteiger partial charge on any atom is 0.0815 e. The van der Waals surface area contributed by atoms with E-state index in [4.69, 9.17) is 0 Å². The smallest absolute Gasteiger partial charge is 0.0815 e. The van der Waals surface area contributed by atoms with Crippen LogP contribution in [0.5, 0.6) is 0 Å². The van der Waals surface area contributed by atoms with E-state index in [1.54, 1.807) is 0 Å². The van der Waals surface area contributed by atoms with Gasteiger partial charge in [0.25, 0.3) is 0 Å². The van der Waals surface area contributed by atoms with Crippen molar-refractivity contribution in [2.75, 3.05) is 26.2 Å². The number of likely N-dealkylation sites (tertiary alicyclic amines) is 1. The van der Waals surface area contributed by atoms with Crippen molar-refractivity contribution in [2.45, 2.75) is 45.4 Å². The van der Waals surface area contributed by atoms with E-state index in [1.807, 2.05) is 0 Å². The van der Waals surface area contributed by atoms with Crippen molar-refractivity contribution in [1.29, 1.82) is 0 Å². The lowest BCUT2D eigenvalue weighted by Crippen LogP contribution is -2.47. The molecule has 1 saturated heterocycles. The van der Waals surface area contributed by atoms with Crippen LogP contribution < -0.4 is 0 Å². The van der Waals surface area contributed by atoms with Crippen LogP contribution >= 0.6 is 0 Å². The zero-order chi connectivity index (χ0) is 9.15. The van der Waals surface area contributed by atoms with Crippen molar-refractivity contribution < 1.29 is 4.48 Å². The average molecular weight is 182 g/mol. The van der Waals surface area contributed by atoms with Crippen molar-refractivity contribution in [3.8, 4) is 0 Å². The fourth-order valence-electron chi connectivity index (χ4n) is 3.37. The third kappa shape index (κ3) is 2.07. The van der Waals surface area contributed by atoms with Crippen LogP contribution in [0.15, 0.2) is 0 Å². The minimum Gasteiger partial charge on any atom is -0.324 e. The Labute approximate surface area is 82.7 Å². The molecule has 0 radical (unpaired) electrons. The van der Waals surface area contributed by atoms with E-state index in [9.17, 15) is 0 Å². The zero-order valence-corrected chi connectivity index (χ0v) is 9.10. The van der Waals surface area contributed by atoms with Gasteiger partial charge in [-0.3, -0.25) is 0 Å². The van der Waals surface area contributed by atoms with E-state index < -0.39 is 0 Å². The maximum absolute atomic E-state index is 2.39. The molecule has 0 aromatic carbocycles. The third-order valence-electron chi connectivity index (χ3n) is 4.31. The van der Waals surface area contributed by atoms with E-state index in [0.717, 1.165) is 5.92 Å². The number of hydrogen-bond donors (Lipinski definition) is 0. The van der Waals surface area contributed by atoms with E-state index in [-0.39, 0.29) is 0 Å². The Balaban J connectivity index is 1.88. The number of nitrogens with zero attached hydrogens (tertiary/aromatic N) is 1. The molecule has 1 heteroatoms. The molecule has 1 aliphatic heterocycles. The Bertz CT molecular complexity index is 153. The predicted molar refractivity (Wildman–Crippen MR) is 56.6 cm³/mol. The first kappa shape index (κ1) is 9.51. The molecule has 1 saturated carbocycles.